The van der Waals surface area contributed by atoms with E-state index in [2.05, 4.69) is 15.3 Å². The number of amides is 1. The van der Waals surface area contributed by atoms with E-state index in [1.54, 1.807) is 18.3 Å². The molecule has 0 aliphatic rings. The Bertz CT molecular complexity index is 240. The second kappa shape index (κ2) is 5.51. The molecule has 1 heterocycles. The summed E-state index contributed by atoms with van der Waals surface area (Å²) < 4.78 is 0. The second-order valence-corrected chi connectivity index (χ2v) is 1.88. The van der Waals surface area contributed by atoms with Crippen molar-refractivity contribution in [2.45, 2.75) is 0 Å². The average Bonchev–Trinajstić information content (AvgIpc) is 2.07. The molecule has 4 nitrogen and oxygen atoms in total. The van der Waals surface area contributed by atoms with Gasteiger partial charge in [0.05, 0.1) is 12.7 Å². The number of pyridine rings is 1. The van der Waals surface area contributed by atoms with Crippen LogP contribution in [0, 0.1) is 0 Å². The summed E-state index contributed by atoms with van der Waals surface area (Å²) in [5.41, 5.74) is 2.66. The monoisotopic (exact) mass is 188 g/mol. The van der Waals surface area contributed by atoms with Gasteiger partial charge in [-0.05, 0) is 12.1 Å². The number of halogens is 1. The van der Waals surface area contributed by atoms with Gasteiger partial charge in [0.1, 0.15) is 0 Å². The lowest BCUT2D eigenvalue weighted by Gasteiger charge is -1.99. The van der Waals surface area contributed by atoms with Crippen LogP contribution in [-0.2, 0) is 4.84 Å². The molecule has 12 heavy (non-hydrogen) atoms. The molecule has 0 saturated heterocycles. The van der Waals surface area contributed by atoms with Crippen LogP contribution >= 0.6 is 12.4 Å². The molecule has 0 saturated carbocycles. The van der Waals surface area contributed by atoms with Crippen molar-refractivity contribution >= 4 is 18.3 Å². The molecular weight excluding hydrogens is 180 g/mol. The molecule has 1 N–H and O–H groups in total. The molecule has 0 spiro atoms. The molecule has 5 heteroatoms. The predicted molar refractivity (Wildman–Crippen MR) is 46.0 cm³/mol. The highest BCUT2D eigenvalue weighted by molar-refractivity contribution is 5.92. The van der Waals surface area contributed by atoms with Crippen LogP contribution in [0.1, 0.15) is 10.4 Å². The Balaban J connectivity index is 0.00000121. The largest absolute Gasteiger partial charge is 0.277 e. The van der Waals surface area contributed by atoms with Crippen LogP contribution in [0.2, 0.25) is 0 Å². The molecule has 1 rings (SSSR count). The summed E-state index contributed by atoms with van der Waals surface area (Å²) in [6.45, 7) is 0. The lowest BCUT2D eigenvalue weighted by Crippen LogP contribution is -2.21. The van der Waals surface area contributed by atoms with Gasteiger partial charge in [0.25, 0.3) is 5.91 Å². The molecule has 1 aromatic heterocycles. The molecular formula is C7H9ClN2O2. The number of carbonyl (C=O) groups excluding carboxylic acids is 1. The van der Waals surface area contributed by atoms with E-state index in [0.717, 1.165) is 0 Å². The first-order chi connectivity index (χ1) is 5.34. The average molecular weight is 189 g/mol. The molecule has 66 valence electrons. The maximum Gasteiger partial charge on any atom is 0.276 e. The lowest BCUT2D eigenvalue weighted by molar-refractivity contribution is 0.0537. The van der Waals surface area contributed by atoms with Crippen LogP contribution in [0.3, 0.4) is 0 Å². The van der Waals surface area contributed by atoms with Gasteiger partial charge in [0.2, 0.25) is 0 Å². The van der Waals surface area contributed by atoms with Gasteiger partial charge < -0.3 is 0 Å². The smallest absolute Gasteiger partial charge is 0.276 e. The van der Waals surface area contributed by atoms with Crippen molar-refractivity contribution in [2.24, 2.45) is 0 Å². The van der Waals surface area contributed by atoms with E-state index in [1.807, 2.05) is 0 Å². The third-order valence-electron chi connectivity index (χ3n) is 1.12. The predicted octanol–water partition coefficient (Wildman–Crippen LogP) is 0.795. The third kappa shape index (κ3) is 2.86. The number of hydrogen-bond donors (Lipinski definition) is 1. The standard InChI is InChI=1S/C7H8N2O2.ClH/c1-11-9-7(10)6-3-2-4-8-5-6;/h2-5H,1H3,(H,9,10);1H. The fourth-order valence-corrected chi connectivity index (χ4v) is 0.649. The van der Waals surface area contributed by atoms with Crippen molar-refractivity contribution in [3.05, 3.63) is 30.1 Å². The van der Waals surface area contributed by atoms with Gasteiger partial charge in [-0.25, -0.2) is 5.48 Å². The van der Waals surface area contributed by atoms with Gasteiger partial charge in [-0.1, -0.05) is 0 Å². The van der Waals surface area contributed by atoms with Crippen molar-refractivity contribution in [1.82, 2.24) is 10.5 Å². The summed E-state index contributed by atoms with van der Waals surface area (Å²) in [6, 6.07) is 3.34. The molecule has 1 amide bonds. The highest BCUT2D eigenvalue weighted by Crippen LogP contribution is 1.93. The summed E-state index contributed by atoms with van der Waals surface area (Å²) >= 11 is 0. The fraction of sp³-hybridized carbons (Fsp3) is 0.143. The van der Waals surface area contributed by atoms with Crippen molar-refractivity contribution in [1.29, 1.82) is 0 Å². The zero-order chi connectivity index (χ0) is 8.10. The molecule has 1 aromatic rings. The van der Waals surface area contributed by atoms with Gasteiger partial charge in [-0.15, -0.1) is 12.4 Å². The van der Waals surface area contributed by atoms with Crippen LogP contribution in [0.5, 0.6) is 0 Å². The zero-order valence-electron chi connectivity index (χ0n) is 6.48. The van der Waals surface area contributed by atoms with Gasteiger partial charge in [0.15, 0.2) is 0 Å². The van der Waals surface area contributed by atoms with Gasteiger partial charge >= 0.3 is 0 Å². The first-order valence-electron chi connectivity index (χ1n) is 3.08. The highest BCUT2D eigenvalue weighted by atomic mass is 35.5. The SMILES string of the molecule is CONC(=O)c1cccnc1.Cl. The topological polar surface area (TPSA) is 51.2 Å². The number of nitrogens with one attached hydrogen (secondary N) is 1. The summed E-state index contributed by atoms with van der Waals surface area (Å²) in [5, 5.41) is 0. The Morgan fingerprint density at radius 1 is 1.67 bits per heavy atom. The first kappa shape index (κ1) is 10.9. The van der Waals surface area contributed by atoms with Crippen LogP contribution < -0.4 is 5.48 Å². The van der Waals surface area contributed by atoms with E-state index in [-0.39, 0.29) is 18.3 Å². The van der Waals surface area contributed by atoms with E-state index in [9.17, 15) is 4.79 Å². The number of nitrogens with zero attached hydrogens (tertiary/aromatic N) is 1. The Hall–Kier alpha value is -1.13. The Labute approximate surface area is 76.3 Å². The minimum absolute atomic E-state index is 0. The Morgan fingerprint density at radius 3 is 2.92 bits per heavy atom. The van der Waals surface area contributed by atoms with E-state index < -0.39 is 0 Å². The number of carbonyl (C=O) groups is 1. The highest BCUT2D eigenvalue weighted by Gasteiger charge is 2.01. The summed E-state index contributed by atoms with van der Waals surface area (Å²) in [4.78, 5) is 19.2. The van der Waals surface area contributed by atoms with Crippen LogP contribution in [0.25, 0.3) is 0 Å². The van der Waals surface area contributed by atoms with Crippen molar-refractivity contribution in [3.8, 4) is 0 Å². The quantitative estimate of drug-likeness (QED) is 0.699. The van der Waals surface area contributed by atoms with Crippen molar-refractivity contribution in [2.75, 3.05) is 7.11 Å². The molecule has 0 atom stereocenters. The lowest BCUT2D eigenvalue weighted by atomic mass is 10.3. The van der Waals surface area contributed by atoms with E-state index in [1.165, 1.54) is 13.3 Å². The number of hydroxylamine groups is 1. The van der Waals surface area contributed by atoms with Crippen LogP contribution in [0.15, 0.2) is 24.5 Å². The minimum atomic E-state index is -0.291. The van der Waals surface area contributed by atoms with Crippen molar-refractivity contribution < 1.29 is 9.63 Å². The van der Waals surface area contributed by atoms with E-state index in [0.29, 0.717) is 5.56 Å². The molecule has 0 fully saturated rings. The Kier molecular flexibility index (Phi) is 4.99. The molecule has 0 bridgehead atoms. The number of aromatic nitrogens is 1. The van der Waals surface area contributed by atoms with Crippen LogP contribution in [0.4, 0.5) is 0 Å². The second-order valence-electron chi connectivity index (χ2n) is 1.88. The van der Waals surface area contributed by atoms with E-state index in [4.69, 9.17) is 0 Å². The van der Waals surface area contributed by atoms with E-state index >= 15 is 0 Å². The number of rotatable bonds is 2. The molecule has 0 aromatic carbocycles. The molecule has 0 unspecified atom stereocenters. The van der Waals surface area contributed by atoms with Gasteiger partial charge in [-0.3, -0.25) is 14.6 Å². The molecule has 0 aliphatic heterocycles. The third-order valence-corrected chi connectivity index (χ3v) is 1.12. The number of hydrogen-bond acceptors (Lipinski definition) is 3. The van der Waals surface area contributed by atoms with Gasteiger partial charge in [0, 0.05) is 12.4 Å². The molecule has 0 aliphatic carbocycles. The molecule has 0 radical (unpaired) electrons. The minimum Gasteiger partial charge on any atom is -0.277 e. The Morgan fingerprint density at radius 2 is 2.42 bits per heavy atom. The van der Waals surface area contributed by atoms with Crippen molar-refractivity contribution in [3.63, 3.8) is 0 Å². The summed E-state index contributed by atoms with van der Waals surface area (Å²) in [7, 11) is 1.38. The first-order valence-corrected chi connectivity index (χ1v) is 3.08. The maximum atomic E-state index is 11.0. The summed E-state index contributed by atoms with van der Waals surface area (Å²) in [5.74, 6) is -0.291. The van der Waals surface area contributed by atoms with Crippen LogP contribution in [-0.4, -0.2) is 18.0 Å². The van der Waals surface area contributed by atoms with Gasteiger partial charge in [-0.2, -0.15) is 0 Å². The fourth-order valence-electron chi connectivity index (χ4n) is 0.649. The maximum absolute atomic E-state index is 11.0. The zero-order valence-corrected chi connectivity index (χ0v) is 7.30. The normalized spacial score (nSPS) is 8.42. The summed E-state index contributed by atoms with van der Waals surface area (Å²) in [6.07, 6.45) is 3.07.